The van der Waals surface area contributed by atoms with Crippen molar-refractivity contribution >= 4 is 0 Å². The zero-order chi connectivity index (χ0) is 14.8. The van der Waals surface area contributed by atoms with Gasteiger partial charge in [0, 0.05) is 0 Å². The zero-order valence-electron chi connectivity index (χ0n) is 12.5. The molecule has 0 spiro atoms. The SMILES string of the molecule is C[C@]12CC[C@@H]3c4ccc(O)cc4CC(O)[C@H]3[C@@H]1CCC2O. The first-order valence-corrected chi connectivity index (χ1v) is 8.18. The molecule has 3 aliphatic rings. The van der Waals surface area contributed by atoms with Gasteiger partial charge in [0.05, 0.1) is 12.2 Å². The van der Waals surface area contributed by atoms with E-state index >= 15 is 0 Å². The van der Waals surface area contributed by atoms with E-state index in [1.165, 1.54) is 5.56 Å². The number of hydrogen-bond donors (Lipinski definition) is 3. The third kappa shape index (κ3) is 1.80. The fourth-order valence-corrected chi connectivity index (χ4v) is 5.56. The van der Waals surface area contributed by atoms with Crippen LogP contribution in [-0.2, 0) is 6.42 Å². The Morgan fingerprint density at radius 1 is 1.14 bits per heavy atom. The van der Waals surface area contributed by atoms with Crippen molar-refractivity contribution in [1.82, 2.24) is 0 Å². The lowest BCUT2D eigenvalue weighted by Gasteiger charge is -2.51. The lowest BCUT2D eigenvalue weighted by molar-refractivity contribution is -0.0627. The van der Waals surface area contributed by atoms with E-state index in [9.17, 15) is 15.3 Å². The van der Waals surface area contributed by atoms with E-state index in [0.29, 0.717) is 18.3 Å². The van der Waals surface area contributed by atoms with Crippen molar-refractivity contribution in [2.75, 3.05) is 0 Å². The van der Waals surface area contributed by atoms with E-state index in [4.69, 9.17) is 0 Å². The molecule has 3 aliphatic carbocycles. The summed E-state index contributed by atoms with van der Waals surface area (Å²) in [4.78, 5) is 0. The van der Waals surface area contributed by atoms with Gasteiger partial charge in [0.25, 0.3) is 0 Å². The van der Waals surface area contributed by atoms with Gasteiger partial charge in [-0.15, -0.1) is 0 Å². The summed E-state index contributed by atoms with van der Waals surface area (Å²) in [7, 11) is 0. The van der Waals surface area contributed by atoms with Crippen molar-refractivity contribution < 1.29 is 15.3 Å². The van der Waals surface area contributed by atoms with Gasteiger partial charge in [-0.1, -0.05) is 13.0 Å². The third-order valence-corrected chi connectivity index (χ3v) is 6.68. The second-order valence-corrected chi connectivity index (χ2v) is 7.58. The summed E-state index contributed by atoms with van der Waals surface area (Å²) in [6, 6.07) is 5.62. The van der Waals surface area contributed by atoms with Crippen molar-refractivity contribution in [2.24, 2.45) is 17.3 Å². The number of phenolic OH excluding ortho intramolecular Hbond substituents is 1. The molecule has 21 heavy (non-hydrogen) atoms. The normalized spacial score (nSPS) is 44.8. The van der Waals surface area contributed by atoms with Crippen LogP contribution in [0.1, 0.15) is 49.7 Å². The Kier molecular flexibility index (Phi) is 2.89. The molecule has 3 N–H and O–H groups in total. The number of phenols is 1. The van der Waals surface area contributed by atoms with Crippen LogP contribution in [0.3, 0.4) is 0 Å². The van der Waals surface area contributed by atoms with Crippen LogP contribution in [0, 0.1) is 17.3 Å². The minimum Gasteiger partial charge on any atom is -0.508 e. The van der Waals surface area contributed by atoms with Crippen LogP contribution >= 0.6 is 0 Å². The number of benzene rings is 1. The molecule has 0 aromatic heterocycles. The van der Waals surface area contributed by atoms with E-state index in [-0.39, 0.29) is 29.3 Å². The number of aromatic hydroxyl groups is 1. The molecule has 3 nitrogen and oxygen atoms in total. The molecule has 0 bridgehead atoms. The van der Waals surface area contributed by atoms with E-state index in [0.717, 1.165) is 31.2 Å². The highest BCUT2D eigenvalue weighted by molar-refractivity contribution is 5.41. The van der Waals surface area contributed by atoms with Gasteiger partial charge in [-0.2, -0.15) is 0 Å². The number of aliphatic hydroxyl groups is 2. The first-order valence-electron chi connectivity index (χ1n) is 8.18. The Morgan fingerprint density at radius 3 is 2.76 bits per heavy atom. The number of hydrogen-bond acceptors (Lipinski definition) is 3. The molecule has 2 unspecified atom stereocenters. The number of rotatable bonds is 0. The van der Waals surface area contributed by atoms with E-state index in [1.807, 2.05) is 12.1 Å². The van der Waals surface area contributed by atoms with E-state index in [1.54, 1.807) is 6.07 Å². The van der Waals surface area contributed by atoms with Gasteiger partial charge in [-0.25, -0.2) is 0 Å². The molecule has 2 saturated carbocycles. The van der Waals surface area contributed by atoms with E-state index in [2.05, 4.69) is 6.92 Å². The summed E-state index contributed by atoms with van der Waals surface area (Å²) >= 11 is 0. The average molecular weight is 288 g/mol. The molecule has 0 heterocycles. The highest BCUT2D eigenvalue weighted by Crippen LogP contribution is 2.60. The molecule has 6 atom stereocenters. The Morgan fingerprint density at radius 2 is 1.95 bits per heavy atom. The smallest absolute Gasteiger partial charge is 0.115 e. The van der Waals surface area contributed by atoms with Crippen LogP contribution in [0.25, 0.3) is 0 Å². The van der Waals surface area contributed by atoms with Gasteiger partial charge in [0.1, 0.15) is 5.75 Å². The van der Waals surface area contributed by atoms with Gasteiger partial charge in [-0.3, -0.25) is 0 Å². The first kappa shape index (κ1) is 13.6. The third-order valence-electron chi connectivity index (χ3n) is 6.68. The summed E-state index contributed by atoms with van der Waals surface area (Å²) in [6.45, 7) is 2.21. The van der Waals surface area contributed by atoms with Crippen molar-refractivity contribution in [3.05, 3.63) is 29.3 Å². The van der Waals surface area contributed by atoms with Gasteiger partial charge in [-0.05, 0) is 78.5 Å². The van der Waals surface area contributed by atoms with Crippen LogP contribution in [0.2, 0.25) is 0 Å². The molecular formula is C18H24O3. The molecule has 2 fully saturated rings. The summed E-state index contributed by atoms with van der Waals surface area (Å²) in [5, 5.41) is 30.8. The highest BCUT2D eigenvalue weighted by atomic mass is 16.3. The number of fused-ring (bicyclic) bond motifs is 5. The van der Waals surface area contributed by atoms with Gasteiger partial charge < -0.3 is 15.3 Å². The molecular weight excluding hydrogens is 264 g/mol. The quantitative estimate of drug-likeness (QED) is 0.687. The molecule has 0 radical (unpaired) electrons. The second kappa shape index (κ2) is 4.47. The minimum atomic E-state index is -0.348. The second-order valence-electron chi connectivity index (χ2n) is 7.58. The number of aliphatic hydroxyl groups excluding tert-OH is 2. The van der Waals surface area contributed by atoms with Crippen molar-refractivity contribution in [1.29, 1.82) is 0 Å². The maximum absolute atomic E-state index is 10.7. The maximum Gasteiger partial charge on any atom is 0.115 e. The van der Waals surface area contributed by atoms with E-state index < -0.39 is 0 Å². The average Bonchev–Trinajstić information content (AvgIpc) is 2.74. The summed E-state index contributed by atoms with van der Waals surface area (Å²) in [6.07, 6.45) is 4.05. The van der Waals surface area contributed by atoms with Crippen LogP contribution in [0.4, 0.5) is 0 Å². The predicted molar refractivity (Wildman–Crippen MR) is 80.1 cm³/mol. The predicted octanol–water partition coefficient (Wildman–Crippen LogP) is 2.58. The molecule has 4 rings (SSSR count). The topological polar surface area (TPSA) is 60.7 Å². The first-order chi connectivity index (χ1) is 10.0. The summed E-state index contributed by atoms with van der Waals surface area (Å²) < 4.78 is 0. The Bertz CT molecular complexity index is 570. The largest absolute Gasteiger partial charge is 0.508 e. The molecule has 114 valence electrons. The van der Waals surface area contributed by atoms with Crippen LogP contribution in [-0.4, -0.2) is 27.5 Å². The summed E-state index contributed by atoms with van der Waals surface area (Å²) in [5.74, 6) is 1.35. The Hall–Kier alpha value is -1.06. The highest BCUT2D eigenvalue weighted by Gasteiger charge is 2.56. The van der Waals surface area contributed by atoms with Crippen LogP contribution in [0.15, 0.2) is 18.2 Å². The standard InChI is InChI=1S/C18H24O3/c1-18-7-6-13-12-3-2-11(19)8-10(12)9-15(20)17(13)14(18)4-5-16(18)21/h2-3,8,13-17,19-21H,4-7,9H2,1H3/t13-,14+,15?,16?,17-,18+/m1/s1. The lowest BCUT2D eigenvalue weighted by atomic mass is 9.54. The van der Waals surface area contributed by atoms with Gasteiger partial charge >= 0.3 is 0 Å². The monoisotopic (exact) mass is 288 g/mol. The fourth-order valence-electron chi connectivity index (χ4n) is 5.56. The zero-order valence-corrected chi connectivity index (χ0v) is 12.5. The summed E-state index contributed by atoms with van der Waals surface area (Å²) in [5.41, 5.74) is 2.40. The Labute approximate surface area is 125 Å². The fraction of sp³-hybridized carbons (Fsp3) is 0.667. The van der Waals surface area contributed by atoms with Crippen molar-refractivity contribution in [2.45, 2.75) is 57.2 Å². The molecule has 1 aromatic carbocycles. The molecule has 0 amide bonds. The van der Waals surface area contributed by atoms with Crippen LogP contribution in [0.5, 0.6) is 5.75 Å². The lowest BCUT2D eigenvalue weighted by Crippen LogP contribution is -2.49. The van der Waals surface area contributed by atoms with Crippen LogP contribution < -0.4 is 0 Å². The molecule has 0 saturated heterocycles. The molecule has 1 aromatic rings. The van der Waals surface area contributed by atoms with Crippen molar-refractivity contribution in [3.8, 4) is 5.75 Å². The molecule has 3 heteroatoms. The minimum absolute atomic E-state index is 0.0173. The Balaban J connectivity index is 1.76. The van der Waals surface area contributed by atoms with Crippen molar-refractivity contribution in [3.63, 3.8) is 0 Å². The molecule has 0 aliphatic heterocycles. The van der Waals surface area contributed by atoms with Gasteiger partial charge in [0.2, 0.25) is 0 Å². The maximum atomic E-state index is 10.7. The van der Waals surface area contributed by atoms with Gasteiger partial charge in [0.15, 0.2) is 0 Å².